The summed E-state index contributed by atoms with van der Waals surface area (Å²) < 4.78 is 0. The molecule has 0 unspecified atom stereocenters. The summed E-state index contributed by atoms with van der Waals surface area (Å²) in [6, 6.07) is 14.4. The molecule has 116 valence electrons. The van der Waals surface area contributed by atoms with Crippen LogP contribution in [0.3, 0.4) is 0 Å². The molecule has 0 spiro atoms. The van der Waals surface area contributed by atoms with Crippen LogP contribution in [-0.4, -0.2) is 5.91 Å². The molecule has 1 N–H and O–H groups in total. The van der Waals surface area contributed by atoms with Gasteiger partial charge in [0.25, 0.3) is 0 Å². The third-order valence-electron chi connectivity index (χ3n) is 4.70. The van der Waals surface area contributed by atoms with Crippen molar-refractivity contribution in [2.24, 2.45) is 11.8 Å². The Labute approximate surface area is 132 Å². The average molecular weight is 295 g/mol. The average Bonchev–Trinajstić information content (AvgIpc) is 3.31. The Bertz CT molecular complexity index is 649. The van der Waals surface area contributed by atoms with Crippen molar-refractivity contribution >= 4 is 22.4 Å². The highest BCUT2D eigenvalue weighted by molar-refractivity contribution is 5.96. The minimum absolute atomic E-state index is 0.204. The van der Waals surface area contributed by atoms with E-state index in [-0.39, 0.29) is 11.8 Å². The second kappa shape index (κ2) is 6.95. The minimum atomic E-state index is 0.204. The van der Waals surface area contributed by atoms with Crippen LogP contribution in [0.25, 0.3) is 10.8 Å². The van der Waals surface area contributed by atoms with Crippen LogP contribution in [0, 0.1) is 11.8 Å². The lowest BCUT2D eigenvalue weighted by molar-refractivity contribution is -0.117. The van der Waals surface area contributed by atoms with Gasteiger partial charge >= 0.3 is 0 Å². The van der Waals surface area contributed by atoms with E-state index in [1.807, 2.05) is 18.2 Å². The van der Waals surface area contributed by atoms with Crippen LogP contribution in [0.1, 0.15) is 45.4 Å². The van der Waals surface area contributed by atoms with E-state index in [9.17, 15) is 4.79 Å². The Morgan fingerprint density at radius 3 is 2.73 bits per heavy atom. The highest BCUT2D eigenvalue weighted by atomic mass is 16.2. The van der Waals surface area contributed by atoms with Crippen molar-refractivity contribution in [2.45, 2.75) is 45.4 Å². The number of hydrogen-bond donors (Lipinski definition) is 1. The van der Waals surface area contributed by atoms with Gasteiger partial charge in [0.15, 0.2) is 0 Å². The summed E-state index contributed by atoms with van der Waals surface area (Å²) in [5.41, 5.74) is 0.917. The lowest BCUT2D eigenvalue weighted by Crippen LogP contribution is -2.14. The first-order valence-corrected chi connectivity index (χ1v) is 8.57. The van der Waals surface area contributed by atoms with Crippen molar-refractivity contribution in [1.29, 1.82) is 0 Å². The molecule has 2 aromatic rings. The molecular weight excluding hydrogens is 270 g/mol. The van der Waals surface area contributed by atoms with E-state index in [0.29, 0.717) is 5.92 Å². The monoisotopic (exact) mass is 295 g/mol. The molecule has 22 heavy (non-hydrogen) atoms. The van der Waals surface area contributed by atoms with Gasteiger partial charge in [-0.15, -0.1) is 0 Å². The number of anilines is 1. The SMILES string of the molecule is CCCCCC[C@@H]1C[C@@H]1C(=O)Nc1ccc2ccccc2c1. The molecule has 1 fully saturated rings. The number of nitrogens with one attached hydrogen (secondary N) is 1. The highest BCUT2D eigenvalue weighted by Crippen LogP contribution is 2.43. The minimum Gasteiger partial charge on any atom is -0.326 e. The summed E-state index contributed by atoms with van der Waals surface area (Å²) in [7, 11) is 0. The van der Waals surface area contributed by atoms with E-state index in [0.717, 1.165) is 12.1 Å². The van der Waals surface area contributed by atoms with E-state index in [1.165, 1.54) is 42.9 Å². The highest BCUT2D eigenvalue weighted by Gasteiger charge is 2.42. The molecule has 3 rings (SSSR count). The van der Waals surface area contributed by atoms with Crippen molar-refractivity contribution in [3.63, 3.8) is 0 Å². The van der Waals surface area contributed by atoms with Gasteiger partial charge in [0.2, 0.25) is 5.91 Å². The Morgan fingerprint density at radius 2 is 1.91 bits per heavy atom. The molecule has 0 aliphatic heterocycles. The van der Waals surface area contributed by atoms with E-state index in [2.05, 4.69) is 36.5 Å². The number of amides is 1. The van der Waals surface area contributed by atoms with E-state index in [4.69, 9.17) is 0 Å². The molecule has 0 radical (unpaired) electrons. The summed E-state index contributed by atoms with van der Waals surface area (Å²) in [5, 5.41) is 5.47. The van der Waals surface area contributed by atoms with Crippen LogP contribution in [-0.2, 0) is 4.79 Å². The fourth-order valence-corrected chi connectivity index (χ4v) is 3.22. The van der Waals surface area contributed by atoms with Crippen LogP contribution in [0.5, 0.6) is 0 Å². The van der Waals surface area contributed by atoms with Gasteiger partial charge in [-0.25, -0.2) is 0 Å². The number of carbonyl (C=O) groups excluding carboxylic acids is 1. The molecule has 0 bridgehead atoms. The Kier molecular flexibility index (Phi) is 4.77. The third kappa shape index (κ3) is 3.68. The number of hydrogen-bond acceptors (Lipinski definition) is 1. The van der Waals surface area contributed by atoms with Crippen LogP contribution >= 0.6 is 0 Å². The predicted octanol–water partition coefficient (Wildman–Crippen LogP) is 5.38. The summed E-state index contributed by atoms with van der Waals surface area (Å²) in [6.07, 6.45) is 7.48. The lowest BCUT2D eigenvalue weighted by Gasteiger charge is -2.06. The molecule has 1 saturated carbocycles. The van der Waals surface area contributed by atoms with Crippen molar-refractivity contribution in [2.75, 3.05) is 5.32 Å². The summed E-state index contributed by atoms with van der Waals surface area (Å²) in [6.45, 7) is 2.23. The normalized spacial score (nSPS) is 20.0. The first kappa shape index (κ1) is 15.1. The first-order valence-electron chi connectivity index (χ1n) is 8.57. The fraction of sp³-hybridized carbons (Fsp3) is 0.450. The van der Waals surface area contributed by atoms with Gasteiger partial charge in [-0.2, -0.15) is 0 Å². The van der Waals surface area contributed by atoms with Gasteiger partial charge < -0.3 is 5.32 Å². The third-order valence-corrected chi connectivity index (χ3v) is 4.70. The van der Waals surface area contributed by atoms with Gasteiger partial charge in [0.05, 0.1) is 0 Å². The molecule has 1 aliphatic carbocycles. The number of rotatable bonds is 7. The van der Waals surface area contributed by atoms with Crippen molar-refractivity contribution < 1.29 is 4.79 Å². The molecule has 2 heteroatoms. The topological polar surface area (TPSA) is 29.1 Å². The van der Waals surface area contributed by atoms with Gasteiger partial charge in [-0.05, 0) is 41.7 Å². The molecule has 0 saturated heterocycles. The maximum atomic E-state index is 12.3. The molecular formula is C20H25NO. The lowest BCUT2D eigenvalue weighted by atomic mass is 10.1. The van der Waals surface area contributed by atoms with Gasteiger partial charge in [-0.3, -0.25) is 4.79 Å². The van der Waals surface area contributed by atoms with Gasteiger partial charge in [0, 0.05) is 11.6 Å². The molecule has 0 heterocycles. The quantitative estimate of drug-likeness (QED) is 0.682. The van der Waals surface area contributed by atoms with Crippen molar-refractivity contribution in [3.8, 4) is 0 Å². The molecule has 1 aliphatic rings. The van der Waals surface area contributed by atoms with Crippen LogP contribution in [0.4, 0.5) is 5.69 Å². The van der Waals surface area contributed by atoms with E-state index < -0.39 is 0 Å². The summed E-state index contributed by atoms with van der Waals surface area (Å²) in [4.78, 5) is 12.3. The molecule has 2 nitrogen and oxygen atoms in total. The second-order valence-corrected chi connectivity index (χ2v) is 6.50. The Balaban J connectivity index is 1.51. The van der Waals surface area contributed by atoms with Crippen LogP contribution in [0.15, 0.2) is 42.5 Å². The first-order chi connectivity index (χ1) is 10.8. The zero-order chi connectivity index (χ0) is 15.4. The zero-order valence-electron chi connectivity index (χ0n) is 13.3. The largest absolute Gasteiger partial charge is 0.326 e. The standard InChI is InChI=1S/C20H25NO/c1-2-3-4-5-10-17-14-19(17)20(22)21-18-12-11-15-8-6-7-9-16(15)13-18/h6-9,11-13,17,19H,2-5,10,14H2,1H3,(H,21,22)/t17-,19+/m1/s1. The number of carbonyl (C=O) groups is 1. The molecule has 2 aromatic carbocycles. The van der Waals surface area contributed by atoms with Gasteiger partial charge in [0.1, 0.15) is 0 Å². The maximum absolute atomic E-state index is 12.3. The second-order valence-electron chi connectivity index (χ2n) is 6.50. The van der Waals surface area contributed by atoms with E-state index >= 15 is 0 Å². The number of unbranched alkanes of at least 4 members (excludes halogenated alkanes) is 3. The number of fused-ring (bicyclic) bond motifs is 1. The Morgan fingerprint density at radius 1 is 1.09 bits per heavy atom. The Hall–Kier alpha value is -1.83. The smallest absolute Gasteiger partial charge is 0.227 e. The molecule has 0 aromatic heterocycles. The predicted molar refractivity (Wildman–Crippen MR) is 92.9 cm³/mol. The molecule has 2 atom stereocenters. The van der Waals surface area contributed by atoms with Gasteiger partial charge in [-0.1, -0.05) is 62.9 Å². The van der Waals surface area contributed by atoms with Crippen LogP contribution in [0.2, 0.25) is 0 Å². The summed E-state index contributed by atoms with van der Waals surface area (Å²) in [5.74, 6) is 1.07. The zero-order valence-corrected chi connectivity index (χ0v) is 13.3. The maximum Gasteiger partial charge on any atom is 0.227 e. The van der Waals surface area contributed by atoms with Crippen molar-refractivity contribution in [1.82, 2.24) is 0 Å². The fourth-order valence-electron chi connectivity index (χ4n) is 3.22. The molecule has 1 amide bonds. The van der Waals surface area contributed by atoms with E-state index in [1.54, 1.807) is 0 Å². The van der Waals surface area contributed by atoms with Crippen LogP contribution < -0.4 is 5.32 Å². The summed E-state index contributed by atoms with van der Waals surface area (Å²) >= 11 is 0. The van der Waals surface area contributed by atoms with Crippen molar-refractivity contribution in [3.05, 3.63) is 42.5 Å². The number of benzene rings is 2.